The molecule has 0 spiro atoms. The third-order valence-corrected chi connectivity index (χ3v) is 4.30. The van der Waals surface area contributed by atoms with E-state index in [1.165, 1.54) is 10.4 Å². The second kappa shape index (κ2) is 5.30. The number of fused-ring (bicyclic) bond motifs is 1. The molecule has 1 atom stereocenters. The Morgan fingerprint density at radius 1 is 1.67 bits per heavy atom. The molecule has 0 saturated carbocycles. The van der Waals surface area contributed by atoms with Crippen LogP contribution in [-0.4, -0.2) is 16.9 Å². The molecule has 4 heteroatoms. The van der Waals surface area contributed by atoms with Gasteiger partial charge in [-0.2, -0.15) is 0 Å². The molecule has 2 nitrogen and oxygen atoms in total. The maximum absolute atomic E-state index is 11.9. The van der Waals surface area contributed by atoms with E-state index in [1.54, 1.807) is 11.3 Å². The predicted octanol–water partition coefficient (Wildman–Crippen LogP) is 2.72. The van der Waals surface area contributed by atoms with Crippen LogP contribution < -0.4 is 5.32 Å². The highest BCUT2D eigenvalue weighted by molar-refractivity contribution is 14.1. The Kier molecular flexibility index (Phi) is 4.02. The van der Waals surface area contributed by atoms with E-state index >= 15 is 0 Å². The van der Waals surface area contributed by atoms with E-state index in [0.29, 0.717) is 0 Å². The third kappa shape index (κ3) is 2.53. The lowest BCUT2D eigenvalue weighted by Crippen LogP contribution is -2.32. The number of rotatable bonds is 3. The number of hydrogen-bond donors (Lipinski definition) is 1. The van der Waals surface area contributed by atoms with Gasteiger partial charge in [0.25, 0.3) is 0 Å². The van der Waals surface area contributed by atoms with Crippen molar-refractivity contribution in [2.24, 2.45) is 0 Å². The average molecular weight is 335 g/mol. The van der Waals surface area contributed by atoms with E-state index in [2.05, 4.69) is 39.4 Å². The summed E-state index contributed by atoms with van der Waals surface area (Å²) in [6, 6.07) is 2.12. The fourth-order valence-electron chi connectivity index (χ4n) is 2.05. The van der Waals surface area contributed by atoms with Crippen LogP contribution in [0.4, 0.5) is 0 Å². The van der Waals surface area contributed by atoms with E-state index < -0.39 is 0 Å². The Labute approximate surface area is 108 Å². The zero-order valence-corrected chi connectivity index (χ0v) is 11.4. The Morgan fingerprint density at radius 3 is 3.33 bits per heavy atom. The lowest BCUT2D eigenvalue weighted by molar-refractivity contribution is -0.122. The summed E-state index contributed by atoms with van der Waals surface area (Å²) in [4.78, 5) is 13.3. The number of carbonyl (C=O) groups excluding carboxylic acids is 1. The predicted molar refractivity (Wildman–Crippen MR) is 71.9 cm³/mol. The number of thiophene rings is 1. The zero-order valence-electron chi connectivity index (χ0n) is 8.46. The molecule has 0 radical (unpaired) electrons. The van der Waals surface area contributed by atoms with Gasteiger partial charge in [-0.1, -0.05) is 22.6 Å². The monoisotopic (exact) mass is 335 g/mol. The maximum atomic E-state index is 11.9. The highest BCUT2D eigenvalue weighted by atomic mass is 127. The normalized spacial score (nSPS) is 19.7. The number of carbonyl (C=O) groups is 1. The lowest BCUT2D eigenvalue weighted by atomic mass is 9.87. The minimum atomic E-state index is 0.114. The molecule has 2 rings (SSSR count). The van der Waals surface area contributed by atoms with E-state index in [9.17, 15) is 4.79 Å². The van der Waals surface area contributed by atoms with Crippen LogP contribution in [-0.2, 0) is 11.2 Å². The van der Waals surface area contributed by atoms with Crippen LogP contribution in [0.2, 0.25) is 0 Å². The average Bonchev–Trinajstić information content (AvgIpc) is 2.73. The summed E-state index contributed by atoms with van der Waals surface area (Å²) in [5, 5.41) is 5.10. The molecule has 0 aromatic carbocycles. The number of hydrogen-bond acceptors (Lipinski definition) is 2. The van der Waals surface area contributed by atoms with Crippen molar-refractivity contribution in [2.75, 3.05) is 11.0 Å². The standard InChI is InChI=1S/C11H14INOS/c12-5-6-13-11(14)9-2-1-3-10-8(9)4-7-15-10/h4,7,9H,1-3,5-6H2,(H,13,14). The molecule has 1 aliphatic carbocycles. The molecule has 0 saturated heterocycles. The second-order valence-electron chi connectivity index (χ2n) is 3.72. The van der Waals surface area contributed by atoms with Gasteiger partial charge >= 0.3 is 0 Å². The van der Waals surface area contributed by atoms with Crippen LogP contribution in [0.1, 0.15) is 29.2 Å². The highest BCUT2D eigenvalue weighted by Gasteiger charge is 2.26. The zero-order chi connectivity index (χ0) is 10.7. The largest absolute Gasteiger partial charge is 0.355 e. The first-order valence-electron chi connectivity index (χ1n) is 5.23. The van der Waals surface area contributed by atoms with Crippen LogP contribution in [0.15, 0.2) is 11.4 Å². The van der Waals surface area contributed by atoms with Gasteiger partial charge in [-0.3, -0.25) is 4.79 Å². The first-order chi connectivity index (χ1) is 7.33. The highest BCUT2D eigenvalue weighted by Crippen LogP contribution is 2.34. The van der Waals surface area contributed by atoms with Gasteiger partial charge in [0.2, 0.25) is 5.91 Å². The van der Waals surface area contributed by atoms with E-state index in [4.69, 9.17) is 0 Å². The van der Waals surface area contributed by atoms with Gasteiger partial charge in [-0.05, 0) is 36.3 Å². The smallest absolute Gasteiger partial charge is 0.227 e. The Balaban J connectivity index is 2.08. The molecule has 0 fully saturated rings. The number of aryl methyl sites for hydroxylation is 1. The summed E-state index contributed by atoms with van der Waals surface area (Å²) in [6.45, 7) is 0.787. The van der Waals surface area contributed by atoms with Crippen molar-refractivity contribution in [2.45, 2.75) is 25.2 Å². The molecule has 15 heavy (non-hydrogen) atoms. The third-order valence-electron chi connectivity index (χ3n) is 2.76. The molecular formula is C11H14INOS. The van der Waals surface area contributed by atoms with Crippen LogP contribution >= 0.6 is 33.9 Å². The molecule has 1 amide bonds. The van der Waals surface area contributed by atoms with Crippen LogP contribution in [0.3, 0.4) is 0 Å². The molecule has 1 aliphatic rings. The number of amides is 1. The number of nitrogens with one attached hydrogen (secondary N) is 1. The van der Waals surface area contributed by atoms with Gasteiger partial charge in [-0.25, -0.2) is 0 Å². The van der Waals surface area contributed by atoms with Crippen LogP contribution in [0, 0.1) is 0 Å². The van der Waals surface area contributed by atoms with Crippen LogP contribution in [0.25, 0.3) is 0 Å². The molecule has 82 valence electrons. The Hall–Kier alpha value is -0.100. The maximum Gasteiger partial charge on any atom is 0.227 e. The van der Waals surface area contributed by atoms with E-state index in [0.717, 1.165) is 30.2 Å². The molecule has 1 aromatic rings. The minimum Gasteiger partial charge on any atom is -0.355 e. The summed E-state index contributed by atoms with van der Waals surface area (Å²) in [5.41, 5.74) is 1.28. The van der Waals surface area contributed by atoms with E-state index in [1.807, 2.05) is 0 Å². The topological polar surface area (TPSA) is 29.1 Å². The Morgan fingerprint density at radius 2 is 2.53 bits per heavy atom. The summed E-state index contributed by atoms with van der Waals surface area (Å²) < 4.78 is 0.979. The van der Waals surface area contributed by atoms with Crippen molar-refractivity contribution in [3.8, 4) is 0 Å². The van der Waals surface area contributed by atoms with Gasteiger partial charge in [0.15, 0.2) is 0 Å². The van der Waals surface area contributed by atoms with Crippen molar-refractivity contribution in [3.63, 3.8) is 0 Å². The summed E-state index contributed by atoms with van der Waals surface area (Å²) >= 11 is 4.07. The fourth-order valence-corrected chi connectivity index (χ4v) is 3.31. The Bertz CT molecular complexity index is 350. The molecule has 1 unspecified atom stereocenters. The van der Waals surface area contributed by atoms with E-state index in [-0.39, 0.29) is 11.8 Å². The fraction of sp³-hybridized carbons (Fsp3) is 0.545. The van der Waals surface area contributed by atoms with Crippen LogP contribution in [0.5, 0.6) is 0 Å². The second-order valence-corrected chi connectivity index (χ2v) is 5.80. The first kappa shape index (κ1) is 11.4. The number of alkyl halides is 1. The van der Waals surface area contributed by atoms with Gasteiger partial charge < -0.3 is 5.32 Å². The first-order valence-corrected chi connectivity index (χ1v) is 7.63. The SMILES string of the molecule is O=C(NCCI)C1CCCc2sccc21. The van der Waals surface area contributed by atoms with Gasteiger partial charge in [0.1, 0.15) is 0 Å². The molecule has 0 aliphatic heterocycles. The summed E-state index contributed by atoms with van der Waals surface area (Å²) in [7, 11) is 0. The molecular weight excluding hydrogens is 321 g/mol. The van der Waals surface area contributed by atoms with Gasteiger partial charge in [0, 0.05) is 15.8 Å². The molecule has 0 bridgehead atoms. The van der Waals surface area contributed by atoms with Crippen molar-refractivity contribution < 1.29 is 4.79 Å². The van der Waals surface area contributed by atoms with Gasteiger partial charge in [0.05, 0.1) is 5.92 Å². The quantitative estimate of drug-likeness (QED) is 0.668. The molecule has 1 aromatic heterocycles. The van der Waals surface area contributed by atoms with Crippen molar-refractivity contribution in [1.29, 1.82) is 0 Å². The summed E-state index contributed by atoms with van der Waals surface area (Å²) in [5.74, 6) is 0.328. The lowest BCUT2D eigenvalue weighted by Gasteiger charge is -2.21. The molecule has 1 N–H and O–H groups in total. The van der Waals surface area contributed by atoms with Gasteiger partial charge in [-0.15, -0.1) is 11.3 Å². The molecule has 1 heterocycles. The number of halogens is 1. The summed E-state index contributed by atoms with van der Waals surface area (Å²) in [6.07, 6.45) is 3.32. The van der Waals surface area contributed by atoms with Crippen molar-refractivity contribution >= 4 is 39.8 Å². The van der Waals surface area contributed by atoms with Crippen molar-refractivity contribution in [3.05, 3.63) is 21.9 Å². The minimum absolute atomic E-state index is 0.114. The van der Waals surface area contributed by atoms with Crippen molar-refractivity contribution in [1.82, 2.24) is 5.32 Å².